The van der Waals surface area contributed by atoms with Crippen molar-refractivity contribution in [2.24, 2.45) is 11.7 Å². The summed E-state index contributed by atoms with van der Waals surface area (Å²) in [5, 5.41) is 3.99. The molecule has 1 fully saturated rings. The molecule has 90 valence electrons. The van der Waals surface area contributed by atoms with Gasteiger partial charge in [-0.2, -0.15) is 4.98 Å². The smallest absolute Gasteiger partial charge is 0.226 e. The van der Waals surface area contributed by atoms with Crippen LogP contribution in [0.4, 0.5) is 0 Å². The summed E-state index contributed by atoms with van der Waals surface area (Å²) in [7, 11) is 0. The van der Waals surface area contributed by atoms with E-state index in [2.05, 4.69) is 22.0 Å². The van der Waals surface area contributed by atoms with Crippen LogP contribution in [0.2, 0.25) is 0 Å². The van der Waals surface area contributed by atoms with E-state index in [1.54, 1.807) is 0 Å². The Morgan fingerprint density at radius 2 is 2.44 bits per heavy atom. The lowest BCUT2D eigenvalue weighted by Gasteiger charge is -2.12. The Morgan fingerprint density at radius 1 is 1.56 bits per heavy atom. The van der Waals surface area contributed by atoms with Crippen molar-refractivity contribution in [1.82, 2.24) is 15.0 Å². The Morgan fingerprint density at radius 3 is 3.12 bits per heavy atom. The molecule has 16 heavy (non-hydrogen) atoms. The minimum Gasteiger partial charge on any atom is -0.339 e. The summed E-state index contributed by atoms with van der Waals surface area (Å²) in [6.45, 7) is 5.84. The van der Waals surface area contributed by atoms with Crippen LogP contribution in [0.1, 0.15) is 31.5 Å². The fourth-order valence-electron chi connectivity index (χ4n) is 2.12. The van der Waals surface area contributed by atoms with E-state index in [1.807, 2.05) is 0 Å². The predicted molar refractivity (Wildman–Crippen MR) is 60.7 cm³/mol. The van der Waals surface area contributed by atoms with E-state index in [-0.39, 0.29) is 0 Å². The Hall–Kier alpha value is -0.940. The van der Waals surface area contributed by atoms with Crippen LogP contribution in [-0.2, 0) is 13.0 Å². The maximum Gasteiger partial charge on any atom is 0.226 e. The molecule has 0 amide bonds. The first kappa shape index (κ1) is 11.5. The number of nitrogens with zero attached hydrogens (tertiary/aromatic N) is 3. The predicted octanol–water partition coefficient (Wildman–Crippen LogP) is 0.803. The van der Waals surface area contributed by atoms with Crippen molar-refractivity contribution in [3.63, 3.8) is 0 Å². The maximum atomic E-state index is 5.66. The van der Waals surface area contributed by atoms with Gasteiger partial charge in [-0.3, -0.25) is 4.90 Å². The van der Waals surface area contributed by atoms with Crippen molar-refractivity contribution in [2.75, 3.05) is 19.6 Å². The van der Waals surface area contributed by atoms with Gasteiger partial charge in [0.2, 0.25) is 5.89 Å². The lowest BCUT2D eigenvalue weighted by atomic mass is 10.1. The van der Waals surface area contributed by atoms with Crippen molar-refractivity contribution in [1.29, 1.82) is 0 Å². The fraction of sp³-hybridized carbons (Fsp3) is 0.818. The van der Waals surface area contributed by atoms with E-state index in [0.29, 0.717) is 5.92 Å². The number of hydrogen-bond acceptors (Lipinski definition) is 5. The second-order valence-electron chi connectivity index (χ2n) is 4.48. The monoisotopic (exact) mass is 224 g/mol. The van der Waals surface area contributed by atoms with Crippen molar-refractivity contribution in [3.8, 4) is 0 Å². The molecule has 1 saturated heterocycles. The van der Waals surface area contributed by atoms with E-state index in [9.17, 15) is 0 Å². The first-order valence-electron chi connectivity index (χ1n) is 6.05. The zero-order valence-corrected chi connectivity index (χ0v) is 9.85. The lowest BCUT2D eigenvalue weighted by molar-refractivity contribution is 0.299. The second kappa shape index (κ2) is 5.41. The van der Waals surface area contributed by atoms with E-state index in [0.717, 1.165) is 50.7 Å². The molecule has 1 aliphatic rings. The highest BCUT2D eigenvalue weighted by atomic mass is 16.5. The molecule has 1 aliphatic heterocycles. The fourth-order valence-corrected chi connectivity index (χ4v) is 2.12. The number of likely N-dealkylation sites (tertiary alicyclic amines) is 1. The molecular formula is C11H20N4O. The van der Waals surface area contributed by atoms with Crippen LogP contribution in [0, 0.1) is 5.92 Å². The van der Waals surface area contributed by atoms with Crippen LogP contribution in [0.15, 0.2) is 4.52 Å². The van der Waals surface area contributed by atoms with Crippen LogP contribution in [-0.4, -0.2) is 34.7 Å². The van der Waals surface area contributed by atoms with Gasteiger partial charge in [0.05, 0.1) is 6.54 Å². The van der Waals surface area contributed by atoms with Crippen LogP contribution >= 0.6 is 0 Å². The SMILES string of the molecule is CCCc1nc(CN2CCC(CN)C2)no1. The van der Waals surface area contributed by atoms with Crippen LogP contribution in [0.3, 0.4) is 0 Å². The molecule has 0 saturated carbocycles. The van der Waals surface area contributed by atoms with E-state index in [4.69, 9.17) is 10.3 Å². The summed E-state index contributed by atoms with van der Waals surface area (Å²) < 4.78 is 5.16. The van der Waals surface area contributed by atoms with Crippen molar-refractivity contribution < 1.29 is 4.52 Å². The highest BCUT2D eigenvalue weighted by Gasteiger charge is 2.22. The third-order valence-corrected chi connectivity index (χ3v) is 3.04. The molecule has 2 rings (SSSR count). The topological polar surface area (TPSA) is 68.2 Å². The third kappa shape index (κ3) is 2.80. The molecule has 5 nitrogen and oxygen atoms in total. The summed E-state index contributed by atoms with van der Waals surface area (Å²) in [4.78, 5) is 6.71. The van der Waals surface area contributed by atoms with Gasteiger partial charge in [0.25, 0.3) is 0 Å². The van der Waals surface area contributed by atoms with Crippen LogP contribution in [0.5, 0.6) is 0 Å². The molecule has 0 radical (unpaired) electrons. The molecule has 0 bridgehead atoms. The largest absolute Gasteiger partial charge is 0.339 e. The number of aromatic nitrogens is 2. The maximum absolute atomic E-state index is 5.66. The Bertz CT molecular complexity index is 326. The zero-order valence-electron chi connectivity index (χ0n) is 9.85. The first-order chi connectivity index (χ1) is 7.81. The van der Waals surface area contributed by atoms with Gasteiger partial charge in [-0.05, 0) is 31.8 Å². The summed E-state index contributed by atoms with van der Waals surface area (Å²) in [5.41, 5.74) is 5.66. The molecule has 1 atom stereocenters. The molecule has 5 heteroatoms. The summed E-state index contributed by atoms with van der Waals surface area (Å²) in [5.74, 6) is 2.20. The van der Waals surface area contributed by atoms with E-state index in [1.165, 1.54) is 6.42 Å². The molecule has 0 aromatic carbocycles. The van der Waals surface area contributed by atoms with Crippen molar-refractivity contribution in [2.45, 2.75) is 32.7 Å². The molecule has 1 unspecified atom stereocenters. The van der Waals surface area contributed by atoms with E-state index >= 15 is 0 Å². The number of nitrogens with two attached hydrogens (primary N) is 1. The standard InChI is InChI=1S/C11H20N4O/c1-2-3-11-13-10(14-16-11)8-15-5-4-9(6-12)7-15/h9H,2-8,12H2,1H3. The van der Waals surface area contributed by atoms with Gasteiger partial charge in [0.15, 0.2) is 5.82 Å². The Balaban J connectivity index is 1.84. The van der Waals surface area contributed by atoms with Gasteiger partial charge in [-0.15, -0.1) is 0 Å². The average molecular weight is 224 g/mol. The average Bonchev–Trinajstić information content (AvgIpc) is 2.89. The minimum atomic E-state index is 0.641. The van der Waals surface area contributed by atoms with E-state index < -0.39 is 0 Å². The van der Waals surface area contributed by atoms with Gasteiger partial charge in [-0.1, -0.05) is 12.1 Å². The first-order valence-corrected chi connectivity index (χ1v) is 6.05. The highest BCUT2D eigenvalue weighted by molar-refractivity contribution is 4.88. The Labute approximate surface area is 96.0 Å². The van der Waals surface area contributed by atoms with Gasteiger partial charge >= 0.3 is 0 Å². The van der Waals surface area contributed by atoms with Gasteiger partial charge < -0.3 is 10.3 Å². The summed E-state index contributed by atoms with van der Waals surface area (Å²) in [6, 6.07) is 0. The normalized spacial score (nSPS) is 21.8. The number of rotatable bonds is 5. The highest BCUT2D eigenvalue weighted by Crippen LogP contribution is 2.16. The Kier molecular flexibility index (Phi) is 3.90. The zero-order chi connectivity index (χ0) is 11.4. The minimum absolute atomic E-state index is 0.641. The number of aryl methyl sites for hydroxylation is 1. The quantitative estimate of drug-likeness (QED) is 0.801. The van der Waals surface area contributed by atoms with Gasteiger partial charge in [0, 0.05) is 13.0 Å². The van der Waals surface area contributed by atoms with Gasteiger partial charge in [-0.25, -0.2) is 0 Å². The summed E-state index contributed by atoms with van der Waals surface area (Å²) in [6.07, 6.45) is 3.11. The molecule has 0 spiro atoms. The summed E-state index contributed by atoms with van der Waals surface area (Å²) >= 11 is 0. The van der Waals surface area contributed by atoms with Crippen molar-refractivity contribution >= 4 is 0 Å². The molecule has 2 N–H and O–H groups in total. The van der Waals surface area contributed by atoms with Crippen LogP contribution in [0.25, 0.3) is 0 Å². The molecular weight excluding hydrogens is 204 g/mol. The van der Waals surface area contributed by atoms with Crippen molar-refractivity contribution in [3.05, 3.63) is 11.7 Å². The second-order valence-corrected chi connectivity index (χ2v) is 4.48. The molecule has 1 aromatic rings. The van der Waals surface area contributed by atoms with Gasteiger partial charge in [0.1, 0.15) is 0 Å². The molecule has 1 aromatic heterocycles. The third-order valence-electron chi connectivity index (χ3n) is 3.04. The van der Waals surface area contributed by atoms with Crippen LogP contribution < -0.4 is 5.73 Å². The lowest BCUT2D eigenvalue weighted by Crippen LogP contribution is -2.23. The number of hydrogen-bond donors (Lipinski definition) is 1. The molecule has 2 heterocycles. The molecule has 0 aliphatic carbocycles.